The molecule has 0 spiro atoms. The van der Waals surface area contributed by atoms with Gasteiger partial charge < -0.3 is 15.0 Å². The monoisotopic (exact) mass is 317 g/mol. The van der Waals surface area contributed by atoms with Gasteiger partial charge in [-0.3, -0.25) is 4.79 Å². The van der Waals surface area contributed by atoms with Crippen molar-refractivity contribution >= 4 is 38.3 Å². The number of fused-ring (bicyclic) bond motifs is 1. The standard InChI is InChI=1S/C16H19N3O2S/c1-10-8-12(10)15(20)17-11-2-3-13-14(9-11)22-16(18-13)19-4-6-21-7-5-19/h2-3,9-10,12H,4-8H2,1H3,(H,17,20)/t10-,12+/m0/s1. The van der Waals surface area contributed by atoms with Crippen molar-refractivity contribution in [2.45, 2.75) is 13.3 Å². The highest BCUT2D eigenvalue weighted by Crippen LogP contribution is 2.39. The molecule has 1 N–H and O–H groups in total. The smallest absolute Gasteiger partial charge is 0.227 e. The van der Waals surface area contributed by atoms with Gasteiger partial charge in [-0.2, -0.15) is 0 Å². The highest BCUT2D eigenvalue weighted by molar-refractivity contribution is 7.22. The third-order valence-electron chi connectivity index (χ3n) is 4.37. The number of carbonyl (C=O) groups excluding carboxylic acids is 1. The van der Waals surface area contributed by atoms with Gasteiger partial charge in [0.2, 0.25) is 5.91 Å². The largest absolute Gasteiger partial charge is 0.378 e. The fraction of sp³-hybridized carbons (Fsp3) is 0.500. The number of thiazole rings is 1. The summed E-state index contributed by atoms with van der Waals surface area (Å²) in [6.45, 7) is 5.42. The topological polar surface area (TPSA) is 54.5 Å². The number of nitrogens with zero attached hydrogens (tertiary/aromatic N) is 2. The van der Waals surface area contributed by atoms with Gasteiger partial charge in [-0.25, -0.2) is 4.98 Å². The molecule has 2 fully saturated rings. The average molecular weight is 317 g/mol. The van der Waals surface area contributed by atoms with Crippen LogP contribution in [0.15, 0.2) is 18.2 Å². The van der Waals surface area contributed by atoms with Crippen molar-refractivity contribution in [1.29, 1.82) is 0 Å². The van der Waals surface area contributed by atoms with Crippen molar-refractivity contribution in [3.8, 4) is 0 Å². The van der Waals surface area contributed by atoms with Crippen molar-refractivity contribution in [3.05, 3.63) is 18.2 Å². The summed E-state index contributed by atoms with van der Waals surface area (Å²) in [6.07, 6.45) is 1.01. The van der Waals surface area contributed by atoms with E-state index in [1.807, 2.05) is 18.2 Å². The SMILES string of the molecule is C[C@H]1C[C@H]1C(=O)Nc1ccc2nc(N3CCOCC3)sc2c1. The van der Waals surface area contributed by atoms with Gasteiger partial charge in [-0.1, -0.05) is 18.3 Å². The number of rotatable bonds is 3. The molecule has 0 unspecified atom stereocenters. The number of ether oxygens (including phenoxy) is 1. The number of nitrogens with one attached hydrogen (secondary N) is 1. The second kappa shape index (κ2) is 5.52. The molecule has 6 heteroatoms. The Labute approximate surface area is 133 Å². The Morgan fingerprint density at radius 2 is 2.18 bits per heavy atom. The van der Waals surface area contributed by atoms with Crippen LogP contribution in [0.4, 0.5) is 10.8 Å². The first-order valence-electron chi connectivity index (χ1n) is 7.75. The summed E-state index contributed by atoms with van der Waals surface area (Å²) in [7, 11) is 0. The van der Waals surface area contributed by atoms with Crippen LogP contribution in [0.1, 0.15) is 13.3 Å². The summed E-state index contributed by atoms with van der Waals surface area (Å²) in [5.41, 5.74) is 1.86. The number of benzene rings is 1. The number of carbonyl (C=O) groups is 1. The zero-order chi connectivity index (χ0) is 15.1. The van der Waals surface area contributed by atoms with Crippen molar-refractivity contribution in [2.24, 2.45) is 11.8 Å². The zero-order valence-corrected chi connectivity index (χ0v) is 13.4. The minimum absolute atomic E-state index is 0.143. The van der Waals surface area contributed by atoms with E-state index in [1.165, 1.54) is 0 Å². The van der Waals surface area contributed by atoms with E-state index in [0.29, 0.717) is 5.92 Å². The number of amides is 1. The van der Waals surface area contributed by atoms with Crippen LogP contribution in [-0.2, 0) is 9.53 Å². The van der Waals surface area contributed by atoms with E-state index in [0.717, 1.165) is 53.8 Å². The molecule has 116 valence electrons. The third-order valence-corrected chi connectivity index (χ3v) is 5.45. The van der Waals surface area contributed by atoms with Gasteiger partial charge in [0.05, 0.1) is 23.4 Å². The minimum Gasteiger partial charge on any atom is -0.378 e. The van der Waals surface area contributed by atoms with Crippen LogP contribution in [0, 0.1) is 11.8 Å². The molecule has 22 heavy (non-hydrogen) atoms. The highest BCUT2D eigenvalue weighted by Gasteiger charge is 2.39. The van der Waals surface area contributed by atoms with E-state index in [2.05, 4.69) is 17.1 Å². The molecule has 1 amide bonds. The highest BCUT2D eigenvalue weighted by atomic mass is 32.1. The summed E-state index contributed by atoms with van der Waals surface area (Å²) in [6, 6.07) is 5.96. The van der Waals surface area contributed by atoms with E-state index in [9.17, 15) is 4.79 Å². The normalized spacial score (nSPS) is 24.5. The van der Waals surface area contributed by atoms with Gasteiger partial charge in [0, 0.05) is 24.7 Å². The molecule has 1 saturated carbocycles. The van der Waals surface area contributed by atoms with Gasteiger partial charge in [0.25, 0.3) is 0 Å². The number of hydrogen-bond acceptors (Lipinski definition) is 5. The predicted octanol–water partition coefficient (Wildman–Crippen LogP) is 2.73. The van der Waals surface area contributed by atoms with Crippen molar-refractivity contribution < 1.29 is 9.53 Å². The van der Waals surface area contributed by atoms with Crippen LogP contribution in [0.25, 0.3) is 10.2 Å². The van der Waals surface area contributed by atoms with Crippen LogP contribution in [0.3, 0.4) is 0 Å². The summed E-state index contributed by atoms with van der Waals surface area (Å²) >= 11 is 1.68. The third kappa shape index (κ3) is 2.68. The first-order valence-corrected chi connectivity index (χ1v) is 8.56. The van der Waals surface area contributed by atoms with E-state index in [-0.39, 0.29) is 11.8 Å². The molecule has 2 aliphatic rings. The maximum absolute atomic E-state index is 12.0. The first-order chi connectivity index (χ1) is 10.7. The maximum atomic E-state index is 12.0. The lowest BCUT2D eigenvalue weighted by atomic mass is 10.2. The number of hydrogen-bond donors (Lipinski definition) is 1. The molecule has 2 aromatic rings. The number of anilines is 2. The zero-order valence-electron chi connectivity index (χ0n) is 12.5. The Balaban J connectivity index is 1.54. The van der Waals surface area contributed by atoms with E-state index < -0.39 is 0 Å². The molecule has 1 aromatic heterocycles. The van der Waals surface area contributed by atoms with Crippen LogP contribution in [0.2, 0.25) is 0 Å². The van der Waals surface area contributed by atoms with E-state index in [1.54, 1.807) is 11.3 Å². The van der Waals surface area contributed by atoms with Crippen molar-refractivity contribution in [3.63, 3.8) is 0 Å². The molecule has 5 nitrogen and oxygen atoms in total. The van der Waals surface area contributed by atoms with E-state index in [4.69, 9.17) is 9.72 Å². The minimum atomic E-state index is 0.143. The Bertz CT molecular complexity index is 708. The average Bonchev–Trinajstić information content (AvgIpc) is 3.12. The van der Waals surface area contributed by atoms with Gasteiger partial charge >= 0.3 is 0 Å². The molecule has 1 aliphatic heterocycles. The molecule has 4 rings (SSSR count). The molecular weight excluding hydrogens is 298 g/mol. The van der Waals surface area contributed by atoms with Crippen LogP contribution < -0.4 is 10.2 Å². The molecule has 1 aromatic carbocycles. The summed E-state index contributed by atoms with van der Waals surface area (Å²) in [5, 5.41) is 4.06. The lowest BCUT2D eigenvalue weighted by molar-refractivity contribution is -0.117. The summed E-state index contributed by atoms with van der Waals surface area (Å²) < 4.78 is 6.50. The van der Waals surface area contributed by atoms with Crippen molar-refractivity contribution in [1.82, 2.24) is 4.98 Å². The van der Waals surface area contributed by atoms with Crippen LogP contribution in [-0.4, -0.2) is 37.2 Å². The molecule has 2 heterocycles. The second-order valence-corrected chi connectivity index (χ2v) is 7.10. The second-order valence-electron chi connectivity index (χ2n) is 6.09. The summed E-state index contributed by atoms with van der Waals surface area (Å²) in [5.74, 6) is 0.867. The molecule has 1 aliphatic carbocycles. The molecular formula is C16H19N3O2S. The van der Waals surface area contributed by atoms with Gasteiger partial charge in [-0.05, 0) is 30.5 Å². The lowest BCUT2D eigenvalue weighted by Crippen LogP contribution is -2.36. The van der Waals surface area contributed by atoms with Crippen LogP contribution >= 0.6 is 11.3 Å². The Kier molecular flexibility index (Phi) is 3.50. The van der Waals surface area contributed by atoms with E-state index >= 15 is 0 Å². The fourth-order valence-corrected chi connectivity index (χ4v) is 3.86. The number of aromatic nitrogens is 1. The van der Waals surface area contributed by atoms with Crippen molar-refractivity contribution in [2.75, 3.05) is 36.5 Å². The summed E-state index contributed by atoms with van der Waals surface area (Å²) in [4.78, 5) is 19.0. The Morgan fingerprint density at radius 1 is 1.41 bits per heavy atom. The molecule has 0 radical (unpaired) electrons. The van der Waals surface area contributed by atoms with Gasteiger partial charge in [0.15, 0.2) is 5.13 Å². The number of morpholine rings is 1. The Morgan fingerprint density at radius 3 is 2.91 bits per heavy atom. The molecule has 0 bridgehead atoms. The van der Waals surface area contributed by atoms with Gasteiger partial charge in [0.1, 0.15) is 0 Å². The maximum Gasteiger partial charge on any atom is 0.227 e. The van der Waals surface area contributed by atoms with Gasteiger partial charge in [-0.15, -0.1) is 0 Å². The molecule has 2 atom stereocenters. The molecule has 1 saturated heterocycles. The lowest BCUT2D eigenvalue weighted by Gasteiger charge is -2.25. The van der Waals surface area contributed by atoms with Crippen LogP contribution in [0.5, 0.6) is 0 Å². The quantitative estimate of drug-likeness (QED) is 0.946. The first kappa shape index (κ1) is 14.0. The fourth-order valence-electron chi connectivity index (χ4n) is 2.80. The predicted molar refractivity (Wildman–Crippen MR) is 88.6 cm³/mol. The Hall–Kier alpha value is -1.66.